The van der Waals surface area contributed by atoms with Crippen LogP contribution in [0, 0.1) is 12.8 Å². The molecule has 1 aliphatic rings. The average Bonchev–Trinajstić information content (AvgIpc) is 3.09. The zero-order chi connectivity index (χ0) is 19.7. The fourth-order valence-electron chi connectivity index (χ4n) is 3.69. The summed E-state index contributed by atoms with van der Waals surface area (Å²) in [5.41, 5.74) is 2.82. The number of H-pyrrole nitrogens is 1. The van der Waals surface area contributed by atoms with E-state index in [4.69, 9.17) is 4.74 Å². The molecule has 1 N–H and O–H groups in total. The highest BCUT2D eigenvalue weighted by atomic mass is 16.6. The summed E-state index contributed by atoms with van der Waals surface area (Å²) < 4.78 is 7.24. The highest BCUT2D eigenvalue weighted by Crippen LogP contribution is 2.33. The van der Waals surface area contributed by atoms with Crippen molar-refractivity contribution in [2.75, 3.05) is 6.54 Å². The molecule has 0 aliphatic carbocycles. The van der Waals surface area contributed by atoms with E-state index in [2.05, 4.69) is 17.0 Å². The summed E-state index contributed by atoms with van der Waals surface area (Å²) in [4.78, 5) is 29.3. The number of benzene rings is 1. The van der Waals surface area contributed by atoms with Gasteiger partial charge in [0.15, 0.2) is 0 Å². The molecule has 1 fully saturated rings. The predicted octanol–water partition coefficient (Wildman–Crippen LogP) is 3.44. The second-order valence-electron chi connectivity index (χ2n) is 7.56. The Kier molecular flexibility index (Phi) is 4.90. The lowest BCUT2D eigenvalue weighted by molar-refractivity contribution is 0.0553. The number of amides is 1. The van der Waals surface area contributed by atoms with Crippen LogP contribution >= 0.6 is 0 Å². The Balaban J connectivity index is 1.57. The Hall–Kier alpha value is -3.09. The van der Waals surface area contributed by atoms with Gasteiger partial charge in [0.1, 0.15) is 12.3 Å². The van der Waals surface area contributed by atoms with Crippen molar-refractivity contribution in [1.82, 2.24) is 19.5 Å². The number of hydrogen-bond donors (Lipinski definition) is 1. The first-order valence-electron chi connectivity index (χ1n) is 9.58. The summed E-state index contributed by atoms with van der Waals surface area (Å²) in [5, 5.41) is 4.61. The number of aromatic nitrogens is 3. The lowest BCUT2D eigenvalue weighted by Crippen LogP contribution is -2.42. The minimum Gasteiger partial charge on any atom is -0.445 e. The highest BCUT2D eigenvalue weighted by molar-refractivity contribution is 5.68. The first kappa shape index (κ1) is 18.3. The molecule has 7 heteroatoms. The molecule has 2 atom stereocenters. The molecule has 0 unspecified atom stereocenters. The minimum atomic E-state index is -0.331. The van der Waals surface area contributed by atoms with E-state index in [0.29, 0.717) is 23.7 Å². The van der Waals surface area contributed by atoms with Crippen LogP contribution in [0.2, 0.25) is 0 Å². The van der Waals surface area contributed by atoms with Crippen LogP contribution in [0.15, 0.2) is 47.4 Å². The van der Waals surface area contributed by atoms with E-state index in [0.717, 1.165) is 24.1 Å². The molecule has 3 heterocycles. The topological polar surface area (TPSA) is 79.7 Å². The Labute approximate surface area is 162 Å². The number of hydrogen-bond acceptors (Lipinski definition) is 4. The van der Waals surface area contributed by atoms with Crippen molar-refractivity contribution in [3.8, 4) is 0 Å². The minimum absolute atomic E-state index is 0.129. The Morgan fingerprint density at radius 1 is 1.29 bits per heavy atom. The molecule has 146 valence electrons. The summed E-state index contributed by atoms with van der Waals surface area (Å²) in [5.74, 6) is 0.402. The van der Waals surface area contributed by atoms with E-state index < -0.39 is 0 Å². The quantitative estimate of drug-likeness (QED) is 0.755. The third-order valence-corrected chi connectivity index (χ3v) is 5.27. The molecule has 1 aromatic carbocycles. The molecule has 28 heavy (non-hydrogen) atoms. The number of carbonyl (C=O) groups is 1. The SMILES string of the molecule is Cc1cn2nc([C@@H]3CC[C@H](C)CN3C(=O)OCc3ccccc3)cc2[nH]c1=O. The number of nitrogens with one attached hydrogen (secondary N) is 1. The first-order valence-corrected chi connectivity index (χ1v) is 9.58. The molecule has 1 aliphatic heterocycles. The van der Waals surface area contributed by atoms with E-state index in [1.54, 1.807) is 22.5 Å². The van der Waals surface area contributed by atoms with E-state index >= 15 is 0 Å². The van der Waals surface area contributed by atoms with E-state index in [9.17, 15) is 9.59 Å². The molecule has 2 aromatic heterocycles. The summed E-state index contributed by atoms with van der Waals surface area (Å²) >= 11 is 0. The molecule has 4 rings (SSSR count). The van der Waals surface area contributed by atoms with Crippen molar-refractivity contribution >= 4 is 11.7 Å². The largest absolute Gasteiger partial charge is 0.445 e. The van der Waals surface area contributed by atoms with Gasteiger partial charge >= 0.3 is 6.09 Å². The number of likely N-dealkylation sites (tertiary alicyclic amines) is 1. The maximum Gasteiger partial charge on any atom is 0.410 e. The zero-order valence-corrected chi connectivity index (χ0v) is 16.1. The fourth-order valence-corrected chi connectivity index (χ4v) is 3.69. The molecule has 1 amide bonds. The Morgan fingerprint density at radius 2 is 2.07 bits per heavy atom. The Bertz CT molecular complexity index is 1040. The van der Waals surface area contributed by atoms with Crippen molar-refractivity contribution in [2.45, 2.75) is 39.3 Å². The lowest BCUT2D eigenvalue weighted by atomic mass is 9.93. The number of nitrogens with zero attached hydrogens (tertiary/aromatic N) is 3. The summed E-state index contributed by atoms with van der Waals surface area (Å²) in [6, 6.07) is 11.3. The number of aromatic amines is 1. The van der Waals surface area contributed by atoms with Gasteiger partial charge in [-0.2, -0.15) is 5.10 Å². The van der Waals surface area contributed by atoms with Gasteiger partial charge in [0.2, 0.25) is 0 Å². The van der Waals surface area contributed by atoms with Gasteiger partial charge in [-0.1, -0.05) is 37.3 Å². The normalized spacial score (nSPS) is 19.7. The van der Waals surface area contributed by atoms with Crippen molar-refractivity contribution in [3.63, 3.8) is 0 Å². The van der Waals surface area contributed by atoms with Crippen LogP contribution in [0.4, 0.5) is 4.79 Å². The van der Waals surface area contributed by atoms with Gasteiger partial charge in [0.25, 0.3) is 5.56 Å². The highest BCUT2D eigenvalue weighted by Gasteiger charge is 2.33. The molecule has 0 radical (unpaired) electrons. The molecule has 3 aromatic rings. The fraction of sp³-hybridized carbons (Fsp3) is 0.381. The average molecular weight is 380 g/mol. The standard InChI is InChI=1S/C21H24N4O3/c1-14-8-9-18(17-10-19-22-20(26)15(2)12-25(19)23-17)24(11-14)21(27)28-13-16-6-4-3-5-7-16/h3-7,10,12,14,18H,8-9,11,13H2,1-2H3,(H,22,26)/t14-,18-/m0/s1. The van der Waals surface area contributed by atoms with Crippen molar-refractivity contribution in [1.29, 1.82) is 0 Å². The van der Waals surface area contributed by atoms with Gasteiger partial charge in [-0.15, -0.1) is 0 Å². The van der Waals surface area contributed by atoms with Crippen LogP contribution in [0.1, 0.15) is 42.6 Å². The number of piperidine rings is 1. The number of ether oxygens (including phenoxy) is 1. The van der Waals surface area contributed by atoms with E-state index in [1.807, 2.05) is 36.4 Å². The van der Waals surface area contributed by atoms with Crippen LogP contribution in [0.25, 0.3) is 5.65 Å². The maximum atomic E-state index is 12.8. The number of carbonyl (C=O) groups excluding carboxylic acids is 1. The van der Waals surface area contributed by atoms with E-state index in [-0.39, 0.29) is 24.3 Å². The predicted molar refractivity (Wildman–Crippen MR) is 105 cm³/mol. The third kappa shape index (κ3) is 3.65. The molecule has 7 nitrogen and oxygen atoms in total. The molecule has 1 saturated heterocycles. The number of rotatable bonds is 3. The molecule has 0 spiro atoms. The lowest BCUT2D eigenvalue weighted by Gasteiger charge is -2.36. The van der Waals surface area contributed by atoms with Crippen LogP contribution in [-0.2, 0) is 11.3 Å². The summed E-state index contributed by atoms with van der Waals surface area (Å²) in [6.07, 6.45) is 3.20. The molecule has 0 saturated carbocycles. The van der Waals surface area contributed by atoms with Crippen molar-refractivity contribution < 1.29 is 9.53 Å². The van der Waals surface area contributed by atoms with Crippen molar-refractivity contribution in [2.24, 2.45) is 5.92 Å². The number of fused-ring (bicyclic) bond motifs is 1. The van der Waals surface area contributed by atoms with E-state index in [1.165, 1.54) is 0 Å². The summed E-state index contributed by atoms with van der Waals surface area (Å²) in [6.45, 7) is 4.75. The van der Waals surface area contributed by atoms with Gasteiger partial charge in [0.05, 0.1) is 11.7 Å². The maximum absolute atomic E-state index is 12.8. The molecule has 0 bridgehead atoms. The van der Waals surface area contributed by atoms with Gasteiger partial charge < -0.3 is 9.72 Å². The van der Waals surface area contributed by atoms with Crippen LogP contribution in [0.3, 0.4) is 0 Å². The zero-order valence-electron chi connectivity index (χ0n) is 16.1. The third-order valence-electron chi connectivity index (χ3n) is 5.27. The monoisotopic (exact) mass is 380 g/mol. The molecular weight excluding hydrogens is 356 g/mol. The van der Waals surface area contributed by atoms with Crippen LogP contribution < -0.4 is 5.56 Å². The number of aryl methyl sites for hydroxylation is 1. The Morgan fingerprint density at radius 3 is 2.86 bits per heavy atom. The van der Waals surface area contributed by atoms with Crippen LogP contribution in [-0.4, -0.2) is 32.1 Å². The first-order chi connectivity index (χ1) is 13.5. The second kappa shape index (κ2) is 7.50. The van der Waals surface area contributed by atoms with Gasteiger partial charge in [0, 0.05) is 24.4 Å². The second-order valence-corrected chi connectivity index (χ2v) is 7.56. The van der Waals surface area contributed by atoms with Gasteiger partial charge in [-0.05, 0) is 31.2 Å². The van der Waals surface area contributed by atoms with Crippen molar-refractivity contribution in [3.05, 3.63) is 69.8 Å². The molecular formula is C21H24N4O3. The van der Waals surface area contributed by atoms with Gasteiger partial charge in [-0.3, -0.25) is 9.69 Å². The smallest absolute Gasteiger partial charge is 0.410 e. The van der Waals surface area contributed by atoms with Crippen LogP contribution in [0.5, 0.6) is 0 Å². The summed E-state index contributed by atoms with van der Waals surface area (Å²) in [7, 11) is 0. The van der Waals surface area contributed by atoms with Gasteiger partial charge in [-0.25, -0.2) is 9.31 Å².